The number of hydrogen-bond acceptors (Lipinski definition) is 1. The molecule has 7 heteroatoms. The SMILES string of the molecule is CN(C)c1ccc(C(F)(F)F)cc1-c1ccccc1C(F)(F)F. The second-order valence-corrected chi connectivity index (χ2v) is 5.17. The van der Waals surface area contributed by atoms with Gasteiger partial charge in [0.05, 0.1) is 11.1 Å². The van der Waals surface area contributed by atoms with Crippen LogP contribution in [0.2, 0.25) is 0 Å². The third-order valence-corrected chi connectivity index (χ3v) is 3.33. The van der Waals surface area contributed by atoms with E-state index in [0.29, 0.717) is 0 Å². The van der Waals surface area contributed by atoms with E-state index in [0.717, 1.165) is 18.2 Å². The van der Waals surface area contributed by atoms with Crippen LogP contribution in [0, 0.1) is 0 Å². The molecule has 0 aromatic heterocycles. The van der Waals surface area contributed by atoms with Gasteiger partial charge in [0, 0.05) is 25.3 Å². The van der Waals surface area contributed by atoms with Crippen LogP contribution in [0.3, 0.4) is 0 Å². The first-order chi connectivity index (χ1) is 10.5. The first kappa shape index (κ1) is 17.2. The van der Waals surface area contributed by atoms with Gasteiger partial charge in [0.15, 0.2) is 0 Å². The van der Waals surface area contributed by atoms with Crippen LogP contribution in [0.4, 0.5) is 32.0 Å². The Kier molecular flexibility index (Phi) is 4.32. The van der Waals surface area contributed by atoms with E-state index < -0.39 is 23.5 Å². The second kappa shape index (κ2) is 5.79. The molecular formula is C16H13F6N. The summed E-state index contributed by atoms with van der Waals surface area (Å²) in [5.41, 5.74) is -2.08. The van der Waals surface area contributed by atoms with Crippen molar-refractivity contribution in [1.29, 1.82) is 0 Å². The topological polar surface area (TPSA) is 3.24 Å². The molecule has 0 fully saturated rings. The summed E-state index contributed by atoms with van der Waals surface area (Å²) in [4.78, 5) is 1.47. The zero-order valence-corrected chi connectivity index (χ0v) is 12.3. The van der Waals surface area contributed by atoms with Crippen molar-refractivity contribution in [2.24, 2.45) is 0 Å². The van der Waals surface area contributed by atoms with Crippen molar-refractivity contribution in [3.8, 4) is 11.1 Å². The third kappa shape index (κ3) is 3.60. The molecule has 0 saturated carbocycles. The Hall–Kier alpha value is -2.18. The first-order valence-electron chi connectivity index (χ1n) is 6.57. The van der Waals surface area contributed by atoms with Crippen molar-refractivity contribution >= 4 is 5.69 Å². The summed E-state index contributed by atoms with van der Waals surface area (Å²) in [6.45, 7) is 0. The number of alkyl halides is 6. The van der Waals surface area contributed by atoms with Crippen LogP contribution in [-0.2, 0) is 12.4 Å². The van der Waals surface area contributed by atoms with Crippen LogP contribution in [-0.4, -0.2) is 14.1 Å². The molecule has 0 saturated heterocycles. The van der Waals surface area contributed by atoms with Crippen LogP contribution in [0.5, 0.6) is 0 Å². The molecule has 0 aliphatic heterocycles. The van der Waals surface area contributed by atoms with Crippen LogP contribution in [0.15, 0.2) is 42.5 Å². The highest BCUT2D eigenvalue weighted by Gasteiger charge is 2.35. The number of halogens is 6. The molecular weight excluding hydrogens is 320 g/mol. The molecule has 23 heavy (non-hydrogen) atoms. The molecule has 0 amide bonds. The predicted octanol–water partition coefficient (Wildman–Crippen LogP) is 5.46. The maximum Gasteiger partial charge on any atom is 0.417 e. The van der Waals surface area contributed by atoms with Crippen LogP contribution in [0.1, 0.15) is 11.1 Å². The van der Waals surface area contributed by atoms with E-state index in [9.17, 15) is 26.3 Å². The molecule has 0 heterocycles. The summed E-state index contributed by atoms with van der Waals surface area (Å²) in [6, 6.07) is 7.38. The Morgan fingerprint density at radius 3 is 1.87 bits per heavy atom. The summed E-state index contributed by atoms with van der Waals surface area (Å²) in [6.07, 6.45) is -9.29. The summed E-state index contributed by atoms with van der Waals surface area (Å²) in [7, 11) is 3.12. The molecule has 0 unspecified atom stereocenters. The minimum absolute atomic E-state index is 0.113. The van der Waals surface area contributed by atoms with Crippen molar-refractivity contribution in [3.05, 3.63) is 53.6 Å². The number of rotatable bonds is 2. The molecule has 0 bridgehead atoms. The minimum atomic E-state index is -4.66. The van der Waals surface area contributed by atoms with E-state index in [4.69, 9.17) is 0 Å². The van der Waals surface area contributed by atoms with Crippen LogP contribution in [0.25, 0.3) is 11.1 Å². The molecule has 2 aromatic carbocycles. The fourth-order valence-electron chi connectivity index (χ4n) is 2.28. The van der Waals surface area contributed by atoms with Gasteiger partial charge in [0.25, 0.3) is 0 Å². The van der Waals surface area contributed by atoms with Crippen molar-refractivity contribution in [1.82, 2.24) is 0 Å². The summed E-state index contributed by atoms with van der Waals surface area (Å²) < 4.78 is 78.2. The Labute approximate surface area is 129 Å². The number of hydrogen-bond donors (Lipinski definition) is 0. The zero-order chi connectivity index (χ0) is 17.4. The van der Waals surface area contributed by atoms with Gasteiger partial charge in [-0.2, -0.15) is 26.3 Å². The standard InChI is InChI=1S/C16H13F6N/c1-23(2)14-8-7-10(15(17,18)19)9-12(14)11-5-3-4-6-13(11)16(20,21)22/h3-9H,1-2H3. The van der Waals surface area contributed by atoms with Crippen molar-refractivity contribution in [3.63, 3.8) is 0 Å². The minimum Gasteiger partial charge on any atom is -0.377 e. The highest BCUT2D eigenvalue weighted by molar-refractivity contribution is 5.81. The highest BCUT2D eigenvalue weighted by Crippen LogP contribution is 2.42. The Morgan fingerprint density at radius 1 is 0.739 bits per heavy atom. The van der Waals surface area contributed by atoms with Crippen molar-refractivity contribution in [2.75, 3.05) is 19.0 Å². The number of anilines is 1. The van der Waals surface area contributed by atoms with Crippen LogP contribution >= 0.6 is 0 Å². The molecule has 0 radical (unpaired) electrons. The lowest BCUT2D eigenvalue weighted by Gasteiger charge is -2.21. The van der Waals surface area contributed by atoms with Gasteiger partial charge in [-0.25, -0.2) is 0 Å². The average Bonchev–Trinajstić information content (AvgIpc) is 2.44. The van der Waals surface area contributed by atoms with Gasteiger partial charge in [0.1, 0.15) is 0 Å². The van der Waals surface area contributed by atoms with Crippen molar-refractivity contribution < 1.29 is 26.3 Å². The summed E-state index contributed by atoms with van der Waals surface area (Å²) >= 11 is 0. The molecule has 0 aliphatic carbocycles. The average molecular weight is 333 g/mol. The maximum atomic E-state index is 13.2. The fourth-order valence-corrected chi connectivity index (χ4v) is 2.28. The quantitative estimate of drug-likeness (QED) is 0.660. The largest absolute Gasteiger partial charge is 0.417 e. The molecule has 0 N–H and O–H groups in total. The molecule has 124 valence electrons. The summed E-state index contributed by atoms with van der Waals surface area (Å²) in [5.74, 6) is 0. The maximum absolute atomic E-state index is 13.2. The van der Waals surface area contributed by atoms with Gasteiger partial charge in [-0.3, -0.25) is 0 Å². The zero-order valence-electron chi connectivity index (χ0n) is 12.3. The molecule has 2 rings (SSSR count). The first-order valence-corrected chi connectivity index (χ1v) is 6.57. The third-order valence-electron chi connectivity index (χ3n) is 3.33. The molecule has 0 spiro atoms. The van der Waals surface area contributed by atoms with E-state index in [-0.39, 0.29) is 16.8 Å². The second-order valence-electron chi connectivity index (χ2n) is 5.17. The lowest BCUT2D eigenvalue weighted by molar-refractivity contribution is -0.137. The smallest absolute Gasteiger partial charge is 0.377 e. The van der Waals surface area contributed by atoms with Gasteiger partial charge in [-0.05, 0) is 29.8 Å². The van der Waals surface area contributed by atoms with Gasteiger partial charge in [0.2, 0.25) is 0 Å². The Balaban J connectivity index is 2.76. The van der Waals surface area contributed by atoms with Gasteiger partial charge in [-0.1, -0.05) is 18.2 Å². The fraction of sp³-hybridized carbons (Fsp3) is 0.250. The lowest BCUT2D eigenvalue weighted by Crippen LogP contribution is -2.14. The van der Waals surface area contributed by atoms with Crippen molar-refractivity contribution in [2.45, 2.75) is 12.4 Å². The van der Waals surface area contributed by atoms with E-state index >= 15 is 0 Å². The van der Waals surface area contributed by atoms with Gasteiger partial charge in [-0.15, -0.1) is 0 Å². The van der Waals surface area contributed by atoms with Gasteiger partial charge < -0.3 is 4.90 Å². The van der Waals surface area contributed by atoms with E-state index in [1.807, 2.05) is 0 Å². The number of benzene rings is 2. The normalized spacial score (nSPS) is 12.3. The molecule has 1 nitrogen and oxygen atoms in total. The number of nitrogens with zero attached hydrogens (tertiary/aromatic N) is 1. The van der Waals surface area contributed by atoms with Gasteiger partial charge >= 0.3 is 12.4 Å². The summed E-state index contributed by atoms with van der Waals surface area (Å²) in [5, 5.41) is 0. The molecule has 2 aromatic rings. The predicted molar refractivity (Wildman–Crippen MR) is 76.2 cm³/mol. The van der Waals surface area contributed by atoms with E-state index in [2.05, 4.69) is 0 Å². The van der Waals surface area contributed by atoms with E-state index in [1.54, 1.807) is 14.1 Å². The Bertz CT molecular complexity index is 700. The molecule has 0 atom stereocenters. The monoisotopic (exact) mass is 333 g/mol. The van der Waals surface area contributed by atoms with E-state index in [1.165, 1.54) is 29.2 Å². The molecule has 0 aliphatic rings. The lowest BCUT2D eigenvalue weighted by atomic mass is 9.95. The van der Waals surface area contributed by atoms with Crippen LogP contribution < -0.4 is 4.90 Å². The Morgan fingerprint density at radius 2 is 1.35 bits per heavy atom. The highest BCUT2D eigenvalue weighted by atomic mass is 19.4.